The number of allylic oxidation sites excluding steroid dienone is 2. The van der Waals surface area contributed by atoms with Crippen LogP contribution >= 0.6 is 11.8 Å². The molecule has 2 N–H and O–H groups in total. The van der Waals surface area contributed by atoms with Crippen LogP contribution in [-0.2, 0) is 4.79 Å². The van der Waals surface area contributed by atoms with Crippen LogP contribution in [0.1, 0.15) is 38.5 Å². The van der Waals surface area contributed by atoms with E-state index < -0.39 is 0 Å². The first kappa shape index (κ1) is 15.7. The van der Waals surface area contributed by atoms with Crippen LogP contribution in [0.25, 0.3) is 0 Å². The molecule has 2 aliphatic carbocycles. The van der Waals surface area contributed by atoms with Crippen LogP contribution in [0.3, 0.4) is 0 Å². The van der Waals surface area contributed by atoms with Crippen LogP contribution in [0.5, 0.6) is 0 Å². The minimum absolute atomic E-state index is 0.00345. The molecule has 0 aromatic rings. The Kier molecular flexibility index (Phi) is 4.28. The van der Waals surface area contributed by atoms with Crippen molar-refractivity contribution in [2.75, 3.05) is 12.3 Å². The highest BCUT2D eigenvalue weighted by atomic mass is 32.2. The number of hydrogen-bond donors (Lipinski definition) is 2. The summed E-state index contributed by atoms with van der Waals surface area (Å²) in [4.78, 5) is 12.9. The predicted octanol–water partition coefficient (Wildman–Crippen LogP) is 2.74. The first-order valence-corrected chi connectivity index (χ1v) is 9.95. The molecule has 0 aromatic heterocycles. The molecule has 4 aliphatic rings. The SMILES string of the molecule is O=C(NC1CCCCC1)C1CSC23C=CC=CC2N(O)CCC13. The lowest BCUT2D eigenvalue weighted by Crippen LogP contribution is -2.57. The van der Waals surface area contributed by atoms with Gasteiger partial charge in [0.25, 0.3) is 0 Å². The fourth-order valence-electron chi connectivity index (χ4n) is 4.86. The Hall–Kier alpha value is -0.780. The Morgan fingerprint density at radius 3 is 2.87 bits per heavy atom. The molecule has 1 spiro atoms. The van der Waals surface area contributed by atoms with E-state index in [0.717, 1.165) is 25.0 Å². The molecule has 4 rings (SSSR count). The normalized spacial score (nSPS) is 40.7. The van der Waals surface area contributed by atoms with Crippen LogP contribution in [0.15, 0.2) is 24.3 Å². The molecule has 23 heavy (non-hydrogen) atoms. The minimum atomic E-state index is -0.129. The molecule has 2 saturated heterocycles. The van der Waals surface area contributed by atoms with Crippen LogP contribution in [-0.4, -0.2) is 45.3 Å². The topological polar surface area (TPSA) is 52.6 Å². The zero-order chi connectivity index (χ0) is 15.9. The molecule has 126 valence electrons. The highest BCUT2D eigenvalue weighted by Crippen LogP contribution is 2.55. The van der Waals surface area contributed by atoms with Crippen LogP contribution in [0.2, 0.25) is 0 Å². The Morgan fingerprint density at radius 2 is 2.04 bits per heavy atom. The zero-order valence-corrected chi connectivity index (χ0v) is 14.3. The third kappa shape index (κ3) is 2.67. The van der Waals surface area contributed by atoms with Crippen molar-refractivity contribution in [3.8, 4) is 0 Å². The van der Waals surface area contributed by atoms with Crippen LogP contribution in [0, 0.1) is 11.8 Å². The van der Waals surface area contributed by atoms with E-state index >= 15 is 0 Å². The minimum Gasteiger partial charge on any atom is -0.353 e. The van der Waals surface area contributed by atoms with Gasteiger partial charge in [-0.25, -0.2) is 0 Å². The summed E-state index contributed by atoms with van der Waals surface area (Å²) in [6, 6.07) is 0.386. The van der Waals surface area contributed by atoms with Gasteiger partial charge in [0.2, 0.25) is 5.91 Å². The number of nitrogens with one attached hydrogen (secondary N) is 1. The number of piperidine rings is 1. The summed E-state index contributed by atoms with van der Waals surface area (Å²) in [6.45, 7) is 0.656. The molecule has 4 unspecified atom stereocenters. The number of thioether (sulfide) groups is 1. The molecule has 2 heterocycles. The monoisotopic (exact) mass is 334 g/mol. The summed E-state index contributed by atoms with van der Waals surface area (Å²) in [5, 5.41) is 15.1. The van der Waals surface area contributed by atoms with Crippen molar-refractivity contribution in [3.05, 3.63) is 24.3 Å². The number of hydrogen-bond acceptors (Lipinski definition) is 4. The summed E-state index contributed by atoms with van der Waals surface area (Å²) < 4.78 is -0.129. The number of rotatable bonds is 2. The quantitative estimate of drug-likeness (QED) is 0.815. The van der Waals surface area contributed by atoms with E-state index in [1.165, 1.54) is 24.3 Å². The molecule has 4 nitrogen and oxygen atoms in total. The van der Waals surface area contributed by atoms with Gasteiger partial charge in [-0.15, -0.1) is 11.8 Å². The zero-order valence-electron chi connectivity index (χ0n) is 13.5. The van der Waals surface area contributed by atoms with E-state index in [-0.39, 0.29) is 22.6 Å². The van der Waals surface area contributed by atoms with E-state index in [0.29, 0.717) is 18.5 Å². The fourth-order valence-corrected chi connectivity index (χ4v) is 6.75. The molecule has 0 aromatic carbocycles. The number of carbonyl (C=O) groups excluding carboxylic acids is 1. The van der Waals surface area contributed by atoms with Gasteiger partial charge in [0, 0.05) is 18.3 Å². The maximum Gasteiger partial charge on any atom is 0.224 e. The molecular formula is C18H26N2O2S. The van der Waals surface area contributed by atoms with E-state index in [4.69, 9.17) is 0 Å². The Labute approximate surface area is 142 Å². The molecule has 5 heteroatoms. The van der Waals surface area contributed by atoms with Crippen molar-refractivity contribution in [2.45, 2.75) is 55.4 Å². The lowest BCUT2D eigenvalue weighted by atomic mass is 9.71. The summed E-state index contributed by atoms with van der Waals surface area (Å²) in [7, 11) is 0. The highest BCUT2D eigenvalue weighted by Gasteiger charge is 2.57. The van der Waals surface area contributed by atoms with Gasteiger partial charge in [-0.1, -0.05) is 43.6 Å². The Morgan fingerprint density at radius 1 is 1.22 bits per heavy atom. The van der Waals surface area contributed by atoms with Gasteiger partial charge in [-0.3, -0.25) is 4.79 Å². The van der Waals surface area contributed by atoms with E-state index in [9.17, 15) is 10.0 Å². The lowest BCUT2D eigenvalue weighted by molar-refractivity contribution is -0.149. The standard InChI is InChI=1S/C18H26N2O2S/c21-17(19-13-6-2-1-3-7-13)14-12-23-18-10-5-4-8-16(18)20(22)11-9-15(14)18/h4-5,8,10,13-16,22H,1-3,6-7,9,11-12H2,(H,19,21). The number of nitrogens with zero attached hydrogens (tertiary/aromatic N) is 1. The first-order valence-electron chi connectivity index (χ1n) is 8.96. The maximum atomic E-state index is 12.9. The molecule has 1 amide bonds. The number of hydroxylamine groups is 2. The third-order valence-electron chi connectivity index (χ3n) is 6.08. The second-order valence-electron chi connectivity index (χ2n) is 7.36. The molecule has 4 atom stereocenters. The number of amides is 1. The predicted molar refractivity (Wildman–Crippen MR) is 92.4 cm³/mol. The highest BCUT2D eigenvalue weighted by molar-refractivity contribution is 8.01. The summed E-state index contributed by atoms with van der Waals surface area (Å²) in [5.74, 6) is 1.52. The molecule has 2 aliphatic heterocycles. The van der Waals surface area contributed by atoms with Crippen molar-refractivity contribution in [1.82, 2.24) is 10.4 Å². The van der Waals surface area contributed by atoms with E-state index in [1.807, 2.05) is 17.8 Å². The fraction of sp³-hybridized carbons (Fsp3) is 0.722. The van der Waals surface area contributed by atoms with Gasteiger partial charge in [0.15, 0.2) is 0 Å². The molecule has 0 bridgehead atoms. The summed E-state index contributed by atoms with van der Waals surface area (Å²) in [6.07, 6.45) is 15.4. The van der Waals surface area contributed by atoms with Gasteiger partial charge in [0.05, 0.1) is 16.7 Å². The van der Waals surface area contributed by atoms with Gasteiger partial charge >= 0.3 is 0 Å². The smallest absolute Gasteiger partial charge is 0.224 e. The lowest BCUT2D eigenvalue weighted by Gasteiger charge is -2.47. The van der Waals surface area contributed by atoms with E-state index in [1.54, 1.807) is 0 Å². The van der Waals surface area contributed by atoms with Crippen LogP contribution < -0.4 is 5.32 Å². The second-order valence-corrected chi connectivity index (χ2v) is 8.69. The van der Waals surface area contributed by atoms with Crippen molar-refractivity contribution < 1.29 is 10.0 Å². The largest absolute Gasteiger partial charge is 0.353 e. The molecular weight excluding hydrogens is 308 g/mol. The average molecular weight is 334 g/mol. The Balaban J connectivity index is 1.50. The first-order chi connectivity index (χ1) is 11.2. The van der Waals surface area contributed by atoms with Crippen molar-refractivity contribution >= 4 is 17.7 Å². The van der Waals surface area contributed by atoms with Gasteiger partial charge in [-0.05, 0) is 25.2 Å². The van der Waals surface area contributed by atoms with Gasteiger partial charge in [-0.2, -0.15) is 5.06 Å². The van der Waals surface area contributed by atoms with Crippen molar-refractivity contribution in [3.63, 3.8) is 0 Å². The summed E-state index contributed by atoms with van der Waals surface area (Å²) >= 11 is 1.86. The van der Waals surface area contributed by atoms with Crippen LogP contribution in [0.4, 0.5) is 0 Å². The van der Waals surface area contributed by atoms with E-state index in [2.05, 4.69) is 23.5 Å². The molecule has 0 radical (unpaired) electrons. The second kappa shape index (κ2) is 6.26. The summed E-state index contributed by atoms with van der Waals surface area (Å²) in [5.41, 5.74) is 0. The third-order valence-corrected chi connectivity index (χ3v) is 7.79. The Bertz CT molecular complexity index is 529. The average Bonchev–Trinajstić information content (AvgIpc) is 2.94. The molecule has 1 saturated carbocycles. The van der Waals surface area contributed by atoms with Gasteiger partial charge < -0.3 is 10.5 Å². The molecule has 3 fully saturated rings. The van der Waals surface area contributed by atoms with Crippen molar-refractivity contribution in [1.29, 1.82) is 0 Å². The number of carbonyl (C=O) groups is 1. The van der Waals surface area contributed by atoms with Crippen molar-refractivity contribution in [2.24, 2.45) is 11.8 Å². The van der Waals surface area contributed by atoms with Gasteiger partial charge in [0.1, 0.15) is 0 Å². The maximum absolute atomic E-state index is 12.9.